The lowest BCUT2D eigenvalue weighted by atomic mass is 9.94. The Morgan fingerprint density at radius 2 is 1.67 bits per heavy atom. The molecule has 102 valence electrons. The third kappa shape index (κ3) is 7.34. The lowest BCUT2D eigenvalue weighted by Gasteiger charge is -2.17. The highest BCUT2D eigenvalue weighted by molar-refractivity contribution is 8.00. The van der Waals surface area contributed by atoms with Gasteiger partial charge in [-0.05, 0) is 35.8 Å². The molecule has 0 aliphatic carbocycles. The van der Waals surface area contributed by atoms with Gasteiger partial charge in [0.1, 0.15) is 0 Å². The summed E-state index contributed by atoms with van der Waals surface area (Å²) in [6, 6.07) is 8.81. The molecule has 1 nitrogen and oxygen atoms in total. The van der Waals surface area contributed by atoms with E-state index in [9.17, 15) is 0 Å². The third-order valence-corrected chi connectivity index (χ3v) is 4.44. The van der Waals surface area contributed by atoms with Crippen LogP contribution in [-0.2, 0) is 4.74 Å². The number of methoxy groups -OCH3 is 1. The van der Waals surface area contributed by atoms with E-state index in [-0.39, 0.29) is 0 Å². The number of hydrogen-bond donors (Lipinski definition) is 0. The maximum atomic E-state index is 5.07. The molecule has 0 aliphatic rings. The van der Waals surface area contributed by atoms with Crippen LogP contribution in [0.4, 0.5) is 0 Å². The maximum absolute atomic E-state index is 5.07. The summed E-state index contributed by atoms with van der Waals surface area (Å²) in [5.74, 6) is 2.21. The number of rotatable bonds is 7. The quantitative estimate of drug-likeness (QED) is 0.518. The Labute approximate surface area is 120 Å². The van der Waals surface area contributed by atoms with Gasteiger partial charge in [0.15, 0.2) is 0 Å². The molecule has 0 N–H and O–H groups in total. The van der Waals surface area contributed by atoms with Gasteiger partial charge in [-0.1, -0.05) is 26.8 Å². The summed E-state index contributed by atoms with van der Waals surface area (Å²) < 4.78 is 5.07. The summed E-state index contributed by atoms with van der Waals surface area (Å²) in [5.41, 5.74) is 0.428. The molecule has 1 rings (SSSR count). The van der Waals surface area contributed by atoms with Crippen LogP contribution in [0.2, 0.25) is 0 Å². The van der Waals surface area contributed by atoms with Crippen molar-refractivity contribution in [3.05, 3.63) is 24.3 Å². The molecular weight excluding hydrogens is 260 g/mol. The Hall–Kier alpha value is -0.120. The molecule has 0 heterocycles. The predicted octanol–water partition coefficient (Wildman–Crippen LogP) is 4.95. The topological polar surface area (TPSA) is 9.23 Å². The molecule has 0 radical (unpaired) electrons. The third-order valence-electron chi connectivity index (χ3n) is 2.48. The van der Waals surface area contributed by atoms with E-state index in [0.29, 0.717) is 5.41 Å². The van der Waals surface area contributed by atoms with Gasteiger partial charge in [-0.25, -0.2) is 0 Å². The molecule has 3 heteroatoms. The van der Waals surface area contributed by atoms with E-state index in [1.165, 1.54) is 22.0 Å². The zero-order valence-electron chi connectivity index (χ0n) is 11.9. The molecule has 0 bridgehead atoms. The number of benzene rings is 1. The van der Waals surface area contributed by atoms with Gasteiger partial charge < -0.3 is 4.74 Å². The van der Waals surface area contributed by atoms with Crippen molar-refractivity contribution in [3.8, 4) is 0 Å². The van der Waals surface area contributed by atoms with E-state index < -0.39 is 0 Å². The summed E-state index contributed by atoms with van der Waals surface area (Å²) in [4.78, 5) is 2.72. The van der Waals surface area contributed by atoms with Gasteiger partial charge >= 0.3 is 0 Å². The van der Waals surface area contributed by atoms with Crippen molar-refractivity contribution in [1.29, 1.82) is 0 Å². The van der Waals surface area contributed by atoms with Crippen molar-refractivity contribution in [2.45, 2.75) is 37.0 Å². The fourth-order valence-corrected chi connectivity index (χ4v) is 3.65. The molecule has 0 saturated carbocycles. The van der Waals surface area contributed by atoms with Crippen LogP contribution < -0.4 is 0 Å². The van der Waals surface area contributed by atoms with Gasteiger partial charge in [-0.2, -0.15) is 0 Å². The summed E-state index contributed by atoms with van der Waals surface area (Å²) in [6.45, 7) is 7.70. The molecule has 1 aromatic carbocycles. The molecule has 1 aromatic rings. The first-order valence-electron chi connectivity index (χ1n) is 6.36. The number of ether oxygens (including phenoxy) is 1. The van der Waals surface area contributed by atoms with Gasteiger partial charge in [0.25, 0.3) is 0 Å². The van der Waals surface area contributed by atoms with Gasteiger partial charge in [-0.3, -0.25) is 0 Å². The number of hydrogen-bond acceptors (Lipinski definition) is 3. The highest BCUT2D eigenvalue weighted by atomic mass is 32.2. The molecule has 0 saturated heterocycles. The van der Waals surface area contributed by atoms with Crippen LogP contribution in [0.15, 0.2) is 34.1 Å². The average Bonchev–Trinajstić information content (AvgIpc) is 2.28. The lowest BCUT2D eigenvalue weighted by molar-refractivity contribution is 0.218. The van der Waals surface area contributed by atoms with Crippen molar-refractivity contribution in [2.75, 3.05) is 25.2 Å². The number of thioether (sulfide) groups is 2. The predicted molar refractivity (Wildman–Crippen MR) is 83.8 cm³/mol. The molecule has 0 aromatic heterocycles. The van der Waals surface area contributed by atoms with E-state index in [4.69, 9.17) is 4.74 Å². The summed E-state index contributed by atoms with van der Waals surface area (Å²) in [7, 11) is 1.75. The van der Waals surface area contributed by atoms with Crippen molar-refractivity contribution in [3.63, 3.8) is 0 Å². The first-order chi connectivity index (χ1) is 8.51. The summed E-state index contributed by atoms with van der Waals surface area (Å²) in [5, 5.41) is 0. The molecule has 0 spiro atoms. The van der Waals surface area contributed by atoms with Crippen molar-refractivity contribution < 1.29 is 4.74 Å². The monoisotopic (exact) mass is 284 g/mol. The molecular formula is C15H24OS2. The average molecular weight is 284 g/mol. The second-order valence-electron chi connectivity index (χ2n) is 5.48. The Morgan fingerprint density at radius 1 is 1.06 bits per heavy atom. The summed E-state index contributed by atoms with van der Waals surface area (Å²) in [6.07, 6.45) is 1.25. The minimum Gasteiger partial charge on any atom is -0.384 e. The second kappa shape index (κ2) is 8.13. The van der Waals surface area contributed by atoms with E-state index in [0.717, 1.165) is 12.4 Å². The highest BCUT2D eigenvalue weighted by Gasteiger charge is 2.09. The van der Waals surface area contributed by atoms with E-state index in [2.05, 4.69) is 45.0 Å². The SMILES string of the molecule is COCCSc1cccc(SCCC(C)(C)C)c1. The smallest absolute Gasteiger partial charge is 0.0556 e. The van der Waals surface area contributed by atoms with E-state index in [1.807, 2.05) is 23.5 Å². The molecule has 0 fully saturated rings. The lowest BCUT2D eigenvalue weighted by Crippen LogP contribution is -2.05. The Balaban J connectivity index is 2.39. The zero-order valence-corrected chi connectivity index (χ0v) is 13.5. The van der Waals surface area contributed by atoms with Crippen LogP contribution in [0.25, 0.3) is 0 Å². The zero-order chi connectivity index (χ0) is 13.4. The highest BCUT2D eigenvalue weighted by Crippen LogP contribution is 2.28. The summed E-state index contributed by atoms with van der Waals surface area (Å²) >= 11 is 3.82. The Kier molecular flexibility index (Phi) is 7.20. The van der Waals surface area contributed by atoms with Crippen LogP contribution in [0, 0.1) is 5.41 Å². The van der Waals surface area contributed by atoms with Crippen LogP contribution in [-0.4, -0.2) is 25.2 Å². The standard InChI is InChI=1S/C15H24OS2/c1-15(2,3)8-10-17-13-6-5-7-14(12-13)18-11-9-16-4/h5-7,12H,8-11H2,1-4H3. The minimum atomic E-state index is 0.428. The molecule has 0 amide bonds. The van der Waals surface area contributed by atoms with E-state index in [1.54, 1.807) is 7.11 Å². The largest absolute Gasteiger partial charge is 0.384 e. The molecule has 18 heavy (non-hydrogen) atoms. The van der Waals surface area contributed by atoms with Crippen LogP contribution in [0.5, 0.6) is 0 Å². The van der Waals surface area contributed by atoms with Gasteiger partial charge in [0.2, 0.25) is 0 Å². The minimum absolute atomic E-state index is 0.428. The Bertz CT molecular complexity index is 345. The van der Waals surface area contributed by atoms with E-state index >= 15 is 0 Å². The molecule has 0 unspecified atom stereocenters. The van der Waals surface area contributed by atoms with Crippen LogP contribution in [0.3, 0.4) is 0 Å². The Morgan fingerprint density at radius 3 is 2.22 bits per heavy atom. The molecule has 0 atom stereocenters. The fourth-order valence-electron chi connectivity index (χ4n) is 1.37. The van der Waals surface area contributed by atoms with Crippen LogP contribution in [0.1, 0.15) is 27.2 Å². The first-order valence-corrected chi connectivity index (χ1v) is 8.33. The maximum Gasteiger partial charge on any atom is 0.0556 e. The molecule has 0 aliphatic heterocycles. The van der Waals surface area contributed by atoms with Gasteiger partial charge in [-0.15, -0.1) is 23.5 Å². The first kappa shape index (κ1) is 15.9. The second-order valence-corrected chi connectivity index (χ2v) is 7.81. The van der Waals surface area contributed by atoms with Crippen molar-refractivity contribution in [1.82, 2.24) is 0 Å². The van der Waals surface area contributed by atoms with Crippen molar-refractivity contribution in [2.24, 2.45) is 5.41 Å². The van der Waals surface area contributed by atoms with Gasteiger partial charge in [0.05, 0.1) is 6.61 Å². The normalized spacial score (nSPS) is 11.8. The fraction of sp³-hybridized carbons (Fsp3) is 0.600. The van der Waals surface area contributed by atoms with Gasteiger partial charge in [0, 0.05) is 22.7 Å². The van der Waals surface area contributed by atoms with Crippen molar-refractivity contribution >= 4 is 23.5 Å². The van der Waals surface area contributed by atoms with Crippen LogP contribution >= 0.6 is 23.5 Å².